The molecule has 3 N–H and O–H groups in total. The van der Waals surface area contributed by atoms with Crippen molar-refractivity contribution in [2.24, 2.45) is 11.7 Å². The maximum Gasteiger partial charge on any atom is 0.0470 e. The third-order valence-corrected chi connectivity index (χ3v) is 3.91. The molecule has 1 atom stereocenters. The number of nitrogens with two attached hydrogens (primary N) is 1. The lowest BCUT2D eigenvalue weighted by Crippen LogP contribution is -2.43. The van der Waals surface area contributed by atoms with Crippen molar-refractivity contribution in [3.63, 3.8) is 0 Å². The minimum atomic E-state index is -0.0141. The number of hydrogen-bond donors (Lipinski definition) is 2. The zero-order chi connectivity index (χ0) is 12.5. The van der Waals surface area contributed by atoms with E-state index in [0.717, 1.165) is 28.6 Å². The number of halogens is 1. The molecule has 0 saturated heterocycles. The van der Waals surface area contributed by atoms with Crippen LogP contribution in [0.15, 0.2) is 18.2 Å². The van der Waals surface area contributed by atoms with Gasteiger partial charge in [0.05, 0.1) is 0 Å². The van der Waals surface area contributed by atoms with Gasteiger partial charge in [-0.2, -0.15) is 0 Å². The van der Waals surface area contributed by atoms with E-state index in [9.17, 15) is 0 Å². The molecule has 2 rings (SSSR count). The molecule has 0 bridgehead atoms. The molecule has 1 aromatic rings. The third kappa shape index (κ3) is 3.36. The van der Waals surface area contributed by atoms with Gasteiger partial charge in [0.1, 0.15) is 0 Å². The highest BCUT2D eigenvalue weighted by Gasteiger charge is 2.32. The molecule has 1 aliphatic carbocycles. The monoisotopic (exact) mass is 252 g/mol. The van der Waals surface area contributed by atoms with Gasteiger partial charge in [0.2, 0.25) is 0 Å². The molecule has 0 spiro atoms. The van der Waals surface area contributed by atoms with Gasteiger partial charge in [0, 0.05) is 22.8 Å². The van der Waals surface area contributed by atoms with Crippen LogP contribution in [0.3, 0.4) is 0 Å². The highest BCUT2D eigenvalue weighted by molar-refractivity contribution is 6.31. The first-order valence-corrected chi connectivity index (χ1v) is 6.65. The van der Waals surface area contributed by atoms with Crippen molar-refractivity contribution in [1.82, 2.24) is 0 Å². The molecule has 2 nitrogen and oxygen atoms in total. The summed E-state index contributed by atoms with van der Waals surface area (Å²) in [5.74, 6) is 0.858. The molecule has 0 aliphatic heterocycles. The Balaban J connectivity index is 2.08. The Kier molecular flexibility index (Phi) is 3.64. The van der Waals surface area contributed by atoms with Gasteiger partial charge >= 0.3 is 0 Å². The summed E-state index contributed by atoms with van der Waals surface area (Å²) in [5.41, 5.74) is 8.06. The highest BCUT2D eigenvalue weighted by Crippen LogP contribution is 2.37. The number of rotatable bonds is 5. The molecule has 1 fully saturated rings. The van der Waals surface area contributed by atoms with E-state index in [-0.39, 0.29) is 5.54 Å². The number of nitrogens with one attached hydrogen (secondary N) is 1. The predicted octanol–water partition coefficient (Wildman–Crippen LogP) is 3.58. The Bertz CT molecular complexity index is 401. The summed E-state index contributed by atoms with van der Waals surface area (Å²) in [5, 5.41) is 4.34. The van der Waals surface area contributed by atoms with Gasteiger partial charge < -0.3 is 11.1 Å². The van der Waals surface area contributed by atoms with Crippen molar-refractivity contribution in [1.29, 1.82) is 0 Å². The van der Waals surface area contributed by atoms with Crippen molar-refractivity contribution in [3.05, 3.63) is 28.8 Å². The molecule has 1 saturated carbocycles. The Morgan fingerprint density at radius 2 is 2.18 bits per heavy atom. The molecule has 0 amide bonds. The predicted molar refractivity (Wildman–Crippen MR) is 74.6 cm³/mol. The fraction of sp³-hybridized carbons (Fsp3) is 0.571. The first-order valence-electron chi connectivity index (χ1n) is 6.27. The number of anilines is 1. The zero-order valence-corrected chi connectivity index (χ0v) is 11.3. The second kappa shape index (κ2) is 4.87. The topological polar surface area (TPSA) is 38.0 Å². The van der Waals surface area contributed by atoms with E-state index >= 15 is 0 Å². The molecule has 17 heavy (non-hydrogen) atoms. The molecule has 3 heteroatoms. The molecule has 1 aromatic carbocycles. The average molecular weight is 253 g/mol. The minimum Gasteiger partial charge on any atom is -0.379 e. The van der Waals surface area contributed by atoms with Crippen LogP contribution in [-0.2, 0) is 0 Å². The minimum absolute atomic E-state index is 0.0141. The van der Waals surface area contributed by atoms with E-state index in [2.05, 4.69) is 18.3 Å². The van der Waals surface area contributed by atoms with Crippen LogP contribution in [0.1, 0.15) is 31.7 Å². The number of benzene rings is 1. The Hall–Kier alpha value is -0.730. The molecular formula is C14H21ClN2. The van der Waals surface area contributed by atoms with Crippen LogP contribution in [0.25, 0.3) is 0 Å². The summed E-state index contributed by atoms with van der Waals surface area (Å²) < 4.78 is 0. The highest BCUT2D eigenvalue weighted by atomic mass is 35.5. The average Bonchev–Trinajstić information content (AvgIpc) is 3.07. The SMILES string of the molecule is Cc1ccc(NC(C)(CN)CC2CC2)cc1Cl. The van der Waals surface area contributed by atoms with Crippen LogP contribution in [0.4, 0.5) is 5.69 Å². The van der Waals surface area contributed by atoms with Gasteiger partial charge in [-0.3, -0.25) is 0 Å². The van der Waals surface area contributed by atoms with Crippen LogP contribution in [0.5, 0.6) is 0 Å². The first kappa shape index (κ1) is 12.7. The molecule has 1 aliphatic rings. The Morgan fingerprint density at radius 3 is 2.71 bits per heavy atom. The summed E-state index contributed by atoms with van der Waals surface area (Å²) in [4.78, 5) is 0. The normalized spacial score (nSPS) is 18.8. The summed E-state index contributed by atoms with van der Waals surface area (Å²) in [6.45, 7) is 4.85. The number of hydrogen-bond acceptors (Lipinski definition) is 2. The van der Waals surface area contributed by atoms with Crippen LogP contribution in [0, 0.1) is 12.8 Å². The lowest BCUT2D eigenvalue weighted by atomic mass is 9.94. The van der Waals surface area contributed by atoms with Gasteiger partial charge in [-0.25, -0.2) is 0 Å². The summed E-state index contributed by atoms with van der Waals surface area (Å²) in [6, 6.07) is 6.10. The van der Waals surface area contributed by atoms with Crippen molar-refractivity contribution >= 4 is 17.3 Å². The number of aryl methyl sites for hydroxylation is 1. The smallest absolute Gasteiger partial charge is 0.0470 e. The molecule has 0 aromatic heterocycles. The van der Waals surface area contributed by atoms with E-state index in [1.54, 1.807) is 0 Å². The van der Waals surface area contributed by atoms with Crippen molar-refractivity contribution < 1.29 is 0 Å². The van der Waals surface area contributed by atoms with E-state index in [0.29, 0.717) is 6.54 Å². The molecule has 0 heterocycles. The van der Waals surface area contributed by atoms with E-state index in [4.69, 9.17) is 17.3 Å². The van der Waals surface area contributed by atoms with Gasteiger partial charge in [0.15, 0.2) is 0 Å². The standard InChI is InChI=1S/C14H21ClN2/c1-10-3-6-12(7-13(10)15)17-14(2,9-16)8-11-4-5-11/h3,6-7,11,17H,4-5,8-9,16H2,1-2H3. The first-order chi connectivity index (χ1) is 8.02. The van der Waals surface area contributed by atoms with Gasteiger partial charge in [-0.05, 0) is 43.9 Å². The van der Waals surface area contributed by atoms with Gasteiger partial charge in [0.25, 0.3) is 0 Å². The molecule has 94 valence electrons. The van der Waals surface area contributed by atoms with E-state index in [1.807, 2.05) is 19.1 Å². The van der Waals surface area contributed by atoms with Gasteiger partial charge in [-0.1, -0.05) is 30.5 Å². The fourth-order valence-corrected chi connectivity index (χ4v) is 2.34. The zero-order valence-electron chi connectivity index (χ0n) is 10.6. The van der Waals surface area contributed by atoms with Crippen molar-refractivity contribution in [2.45, 2.75) is 38.6 Å². The maximum atomic E-state index is 6.13. The molecule has 0 radical (unpaired) electrons. The van der Waals surface area contributed by atoms with Crippen molar-refractivity contribution in [2.75, 3.05) is 11.9 Å². The van der Waals surface area contributed by atoms with E-state index in [1.165, 1.54) is 12.8 Å². The van der Waals surface area contributed by atoms with Crippen LogP contribution >= 0.6 is 11.6 Å². The molecular weight excluding hydrogens is 232 g/mol. The van der Waals surface area contributed by atoms with Crippen LogP contribution in [-0.4, -0.2) is 12.1 Å². The summed E-state index contributed by atoms with van der Waals surface area (Å²) >= 11 is 6.13. The second-order valence-electron chi connectivity index (χ2n) is 5.50. The lowest BCUT2D eigenvalue weighted by Gasteiger charge is -2.31. The van der Waals surface area contributed by atoms with Crippen LogP contribution in [0.2, 0.25) is 5.02 Å². The van der Waals surface area contributed by atoms with E-state index < -0.39 is 0 Å². The maximum absolute atomic E-state index is 6.13. The van der Waals surface area contributed by atoms with Crippen LogP contribution < -0.4 is 11.1 Å². The van der Waals surface area contributed by atoms with Crippen molar-refractivity contribution in [3.8, 4) is 0 Å². The second-order valence-corrected chi connectivity index (χ2v) is 5.91. The largest absolute Gasteiger partial charge is 0.379 e. The third-order valence-electron chi connectivity index (χ3n) is 3.50. The summed E-state index contributed by atoms with van der Waals surface area (Å²) in [7, 11) is 0. The van der Waals surface area contributed by atoms with Gasteiger partial charge in [-0.15, -0.1) is 0 Å². The molecule has 1 unspecified atom stereocenters. The fourth-order valence-electron chi connectivity index (χ4n) is 2.16. The Morgan fingerprint density at radius 1 is 1.47 bits per heavy atom. The lowest BCUT2D eigenvalue weighted by molar-refractivity contribution is 0.453. The quantitative estimate of drug-likeness (QED) is 0.841. The Labute approximate surface area is 109 Å². The summed E-state index contributed by atoms with van der Waals surface area (Å²) in [6.07, 6.45) is 3.85.